The van der Waals surface area contributed by atoms with E-state index in [2.05, 4.69) is 0 Å². The zero-order chi connectivity index (χ0) is 33.2. The van der Waals surface area contributed by atoms with E-state index in [-0.39, 0.29) is 31.6 Å². The molecule has 3 aromatic rings. The van der Waals surface area contributed by atoms with Crippen molar-refractivity contribution in [2.45, 2.75) is 30.6 Å². The van der Waals surface area contributed by atoms with Crippen molar-refractivity contribution in [1.29, 1.82) is 0 Å². The number of phenolic OH excluding ortho intramolecular Hbond substituents is 1. The van der Waals surface area contributed by atoms with E-state index in [1.54, 1.807) is 60.7 Å². The fraction of sp³-hybridized carbons (Fsp3) is 0.306. The molecule has 2 heterocycles. The van der Waals surface area contributed by atoms with Crippen molar-refractivity contribution in [3.63, 3.8) is 0 Å². The largest absolute Gasteiger partial charge is 0.508 e. The van der Waals surface area contributed by atoms with Crippen LogP contribution in [-0.2, 0) is 29.4 Å². The molecular weight excluding hydrogens is 624 g/mol. The summed E-state index contributed by atoms with van der Waals surface area (Å²) in [6.07, 6.45) is 1.73. The Morgan fingerprint density at radius 3 is 2.40 bits per heavy atom. The molecule has 2 saturated heterocycles. The second-order valence-electron chi connectivity index (χ2n) is 12.5. The fourth-order valence-electron chi connectivity index (χ4n) is 8.55. The Morgan fingerprint density at radius 1 is 0.957 bits per heavy atom. The molecule has 0 bridgehead atoms. The van der Waals surface area contributed by atoms with Crippen LogP contribution in [0.1, 0.15) is 36.3 Å². The first-order valence-corrected chi connectivity index (χ1v) is 15.8. The van der Waals surface area contributed by atoms with Crippen molar-refractivity contribution in [3.05, 3.63) is 101 Å². The fourth-order valence-corrected chi connectivity index (χ4v) is 8.74. The van der Waals surface area contributed by atoms with Crippen LogP contribution < -0.4 is 9.64 Å². The van der Waals surface area contributed by atoms with Gasteiger partial charge in [0.15, 0.2) is 0 Å². The second-order valence-corrected chi connectivity index (χ2v) is 12.9. The number of ether oxygens (including phenoxy) is 1. The minimum atomic E-state index is -1.57. The van der Waals surface area contributed by atoms with Gasteiger partial charge in [0.2, 0.25) is 23.6 Å². The van der Waals surface area contributed by atoms with Gasteiger partial charge >= 0.3 is 5.97 Å². The number of aromatic hydroxyl groups is 1. The number of carbonyl (C=O) groups is 5. The molecule has 3 aromatic carbocycles. The summed E-state index contributed by atoms with van der Waals surface area (Å²) in [5.41, 5.74) is 0.230. The molecule has 6 atom stereocenters. The molecule has 4 amide bonds. The van der Waals surface area contributed by atoms with E-state index in [0.29, 0.717) is 33.2 Å². The van der Waals surface area contributed by atoms with Gasteiger partial charge in [-0.15, -0.1) is 0 Å². The number of methoxy groups -OCH3 is 1. The van der Waals surface area contributed by atoms with Crippen LogP contribution in [-0.4, -0.2) is 58.4 Å². The van der Waals surface area contributed by atoms with Crippen LogP contribution in [0.25, 0.3) is 0 Å². The quantitative estimate of drug-likeness (QED) is 0.276. The first kappa shape index (κ1) is 30.7. The number of carboxylic acids is 1. The molecule has 2 aliphatic carbocycles. The van der Waals surface area contributed by atoms with Crippen LogP contribution >= 0.6 is 11.6 Å². The molecule has 0 aromatic heterocycles. The maximum Gasteiger partial charge on any atom is 0.305 e. The number of allylic oxidation sites excluding steroid dienone is 2. The van der Waals surface area contributed by atoms with Crippen molar-refractivity contribution < 1.29 is 38.9 Å². The van der Waals surface area contributed by atoms with Gasteiger partial charge < -0.3 is 14.9 Å². The minimum Gasteiger partial charge on any atom is -0.508 e. The molecule has 11 heteroatoms. The summed E-state index contributed by atoms with van der Waals surface area (Å²) in [4.78, 5) is 71.0. The van der Waals surface area contributed by atoms with Gasteiger partial charge in [-0.05, 0) is 54.7 Å². The molecular formula is C36H31ClN2O8. The zero-order valence-electron chi connectivity index (χ0n) is 25.3. The first-order chi connectivity index (χ1) is 22.6. The third-order valence-electron chi connectivity index (χ3n) is 10.4. The van der Waals surface area contributed by atoms with Gasteiger partial charge in [-0.1, -0.05) is 65.7 Å². The second kappa shape index (κ2) is 11.4. The van der Waals surface area contributed by atoms with E-state index in [1.807, 2.05) is 12.1 Å². The van der Waals surface area contributed by atoms with Gasteiger partial charge in [-0.25, -0.2) is 4.90 Å². The number of carbonyl (C=O) groups excluding carboxylic acids is 4. The summed E-state index contributed by atoms with van der Waals surface area (Å²) in [6, 6.07) is 20.2. The number of rotatable bonds is 7. The average molecular weight is 655 g/mol. The standard InChI is InChI=1S/C36H31ClN2O8/c1-47-27-12-6-11-26(40)30(27)31-22-13-14-23-29(34(45)38(32(23)43)16-15-28(41)42)24(22)18-25-33(44)39(21-10-5-9-20(37)17-21)35(46)36(25,31)19-7-3-2-4-8-19/h2-13,17,23-25,29,31,40H,14-16,18H2,1H3,(H,41,42)/t23-,24+,25-,29-,31+,36+/m0/s1. The molecule has 10 nitrogen and oxygen atoms in total. The Bertz CT molecular complexity index is 1880. The summed E-state index contributed by atoms with van der Waals surface area (Å²) in [7, 11) is 1.45. The number of phenols is 1. The number of hydrogen-bond acceptors (Lipinski definition) is 7. The van der Waals surface area contributed by atoms with Crippen LogP contribution in [0.15, 0.2) is 84.4 Å². The third-order valence-corrected chi connectivity index (χ3v) is 10.6. The summed E-state index contributed by atoms with van der Waals surface area (Å²) in [5, 5.41) is 21.2. The average Bonchev–Trinajstić information content (AvgIpc) is 3.44. The van der Waals surface area contributed by atoms with E-state index in [4.69, 9.17) is 16.3 Å². The van der Waals surface area contributed by atoms with E-state index < -0.39 is 64.6 Å². The van der Waals surface area contributed by atoms with Gasteiger partial charge in [-0.2, -0.15) is 0 Å². The monoisotopic (exact) mass is 654 g/mol. The Labute approximate surface area is 275 Å². The number of likely N-dealkylation sites (tertiary alicyclic amines) is 1. The number of anilines is 1. The molecule has 47 heavy (non-hydrogen) atoms. The maximum atomic E-state index is 15.2. The smallest absolute Gasteiger partial charge is 0.305 e. The van der Waals surface area contributed by atoms with Crippen molar-refractivity contribution in [2.24, 2.45) is 23.7 Å². The van der Waals surface area contributed by atoms with Crippen LogP contribution in [0.2, 0.25) is 5.02 Å². The molecule has 0 spiro atoms. The number of halogens is 1. The number of hydrogen-bond donors (Lipinski definition) is 2. The molecule has 3 fully saturated rings. The van der Waals surface area contributed by atoms with Gasteiger partial charge in [0, 0.05) is 23.0 Å². The van der Waals surface area contributed by atoms with Gasteiger partial charge in [0.25, 0.3) is 0 Å². The molecule has 2 aliphatic heterocycles. The molecule has 240 valence electrons. The minimum absolute atomic E-state index is 0.0712. The molecule has 4 aliphatic rings. The lowest BCUT2D eigenvalue weighted by Gasteiger charge is -2.51. The van der Waals surface area contributed by atoms with E-state index in [9.17, 15) is 29.4 Å². The van der Waals surface area contributed by atoms with Crippen molar-refractivity contribution in [3.8, 4) is 11.5 Å². The lowest BCUT2D eigenvalue weighted by Crippen LogP contribution is -2.53. The summed E-state index contributed by atoms with van der Waals surface area (Å²) in [5.74, 6) is -7.15. The normalized spacial score (nSPS) is 28.1. The van der Waals surface area contributed by atoms with E-state index in [0.717, 1.165) is 9.80 Å². The summed E-state index contributed by atoms with van der Waals surface area (Å²) < 4.78 is 5.77. The third kappa shape index (κ3) is 4.41. The van der Waals surface area contributed by atoms with Gasteiger partial charge in [-0.3, -0.25) is 28.9 Å². The van der Waals surface area contributed by atoms with Crippen LogP contribution in [0.4, 0.5) is 5.69 Å². The molecule has 0 unspecified atom stereocenters. The van der Waals surface area contributed by atoms with Crippen LogP contribution in [0.5, 0.6) is 11.5 Å². The van der Waals surface area contributed by atoms with Crippen LogP contribution in [0.3, 0.4) is 0 Å². The molecule has 7 rings (SSSR count). The molecule has 0 radical (unpaired) electrons. The number of carboxylic acid groups (broad SMARTS) is 1. The highest BCUT2D eigenvalue weighted by Crippen LogP contribution is 2.66. The number of aliphatic carboxylic acids is 1. The highest BCUT2D eigenvalue weighted by molar-refractivity contribution is 6.32. The number of benzene rings is 3. The van der Waals surface area contributed by atoms with Crippen LogP contribution in [0, 0.1) is 23.7 Å². The van der Waals surface area contributed by atoms with Crippen molar-refractivity contribution >= 4 is 46.9 Å². The highest BCUT2D eigenvalue weighted by Gasteiger charge is 2.70. The Hall–Kier alpha value is -4.96. The Balaban J connectivity index is 1.49. The van der Waals surface area contributed by atoms with Crippen molar-refractivity contribution in [2.75, 3.05) is 18.6 Å². The number of fused-ring (bicyclic) bond motifs is 4. The summed E-state index contributed by atoms with van der Waals surface area (Å²) in [6.45, 7) is -0.254. The number of amides is 4. The number of imide groups is 2. The first-order valence-electron chi connectivity index (χ1n) is 15.4. The lowest BCUT2D eigenvalue weighted by atomic mass is 9.49. The highest BCUT2D eigenvalue weighted by atomic mass is 35.5. The predicted molar refractivity (Wildman–Crippen MR) is 170 cm³/mol. The maximum absolute atomic E-state index is 15.2. The zero-order valence-corrected chi connectivity index (χ0v) is 26.1. The topological polar surface area (TPSA) is 142 Å². The van der Waals surface area contributed by atoms with Gasteiger partial charge in [0.1, 0.15) is 11.5 Å². The summed E-state index contributed by atoms with van der Waals surface area (Å²) >= 11 is 6.34. The van der Waals surface area contributed by atoms with E-state index in [1.165, 1.54) is 13.2 Å². The lowest BCUT2D eigenvalue weighted by molar-refractivity contribution is -0.142. The Morgan fingerprint density at radius 2 is 1.70 bits per heavy atom. The van der Waals surface area contributed by atoms with Gasteiger partial charge in [0.05, 0.1) is 42.4 Å². The number of nitrogens with zero attached hydrogens (tertiary/aromatic N) is 2. The van der Waals surface area contributed by atoms with E-state index >= 15 is 4.79 Å². The Kier molecular flexibility index (Phi) is 7.43. The molecule has 1 saturated carbocycles. The van der Waals surface area contributed by atoms with Crippen molar-refractivity contribution in [1.82, 2.24) is 4.90 Å². The predicted octanol–water partition coefficient (Wildman–Crippen LogP) is 4.69. The SMILES string of the molecule is COc1cccc(O)c1[C@H]1C2=CC[C@@H]3C(=O)N(CCC(=O)O)C(=O)[C@@H]3[C@@H]2C[C@H]2C(=O)N(c3cccc(Cl)c3)C(=O)[C@@]12c1ccccc1. The molecule has 2 N–H and O–H groups in total.